The third-order valence-electron chi connectivity index (χ3n) is 5.80. The van der Waals surface area contributed by atoms with E-state index in [-0.39, 0.29) is 47.6 Å². The third-order valence-corrected chi connectivity index (χ3v) is 5.80. The summed E-state index contributed by atoms with van der Waals surface area (Å²) in [6, 6.07) is 0. The van der Waals surface area contributed by atoms with Gasteiger partial charge in [0.15, 0.2) is 0 Å². The van der Waals surface area contributed by atoms with Crippen LogP contribution in [0, 0.1) is 23.7 Å². The molecule has 3 aliphatic rings. The molecule has 1 saturated heterocycles. The Morgan fingerprint density at radius 1 is 1.29 bits per heavy atom. The van der Waals surface area contributed by atoms with E-state index in [9.17, 15) is 9.59 Å². The van der Waals surface area contributed by atoms with Gasteiger partial charge in [-0.25, -0.2) is 4.79 Å². The summed E-state index contributed by atoms with van der Waals surface area (Å²) >= 11 is 0. The van der Waals surface area contributed by atoms with Crippen LogP contribution in [0.25, 0.3) is 0 Å². The van der Waals surface area contributed by atoms with Gasteiger partial charge in [-0.05, 0) is 26.2 Å². The first-order valence-corrected chi connectivity index (χ1v) is 8.66. The zero-order valence-corrected chi connectivity index (χ0v) is 14.7. The Labute approximate surface area is 143 Å². The molecule has 6 unspecified atom stereocenters. The Morgan fingerprint density at radius 2 is 2.00 bits per heavy atom. The van der Waals surface area contributed by atoms with E-state index < -0.39 is 0 Å². The minimum Gasteiger partial charge on any atom is -0.458 e. The Kier molecular flexibility index (Phi) is 4.52. The van der Waals surface area contributed by atoms with Gasteiger partial charge in [-0.2, -0.15) is 0 Å². The predicted octanol–water partition coefficient (Wildman–Crippen LogP) is 3.24. The molecule has 4 nitrogen and oxygen atoms in total. The first-order valence-electron chi connectivity index (χ1n) is 8.66. The van der Waals surface area contributed by atoms with E-state index in [0.29, 0.717) is 25.0 Å². The molecule has 0 aromatic heterocycles. The molecule has 4 heteroatoms. The standard InChI is InChI=1S/C20H26O4/c1-10(2)6-7-23-16-8-11(3)14-9-15(21)12(4)17(14)19-18(16)13(5)20(22)24-19/h6,12,14,16-19H,3,5,7-9H2,1-2,4H3. The van der Waals surface area contributed by atoms with Crippen LogP contribution in [0.1, 0.15) is 33.6 Å². The van der Waals surface area contributed by atoms with Crippen LogP contribution in [0.5, 0.6) is 0 Å². The van der Waals surface area contributed by atoms with Gasteiger partial charge in [0.2, 0.25) is 0 Å². The number of carbonyl (C=O) groups excluding carboxylic acids is 2. The van der Waals surface area contributed by atoms with E-state index in [2.05, 4.69) is 13.2 Å². The first-order chi connectivity index (χ1) is 11.3. The largest absolute Gasteiger partial charge is 0.458 e. The van der Waals surface area contributed by atoms with Crippen molar-refractivity contribution in [2.24, 2.45) is 23.7 Å². The number of Topliss-reactive ketones (excluding diaryl/α,β-unsaturated/α-hetero) is 1. The predicted molar refractivity (Wildman–Crippen MR) is 91.2 cm³/mol. The average molecular weight is 330 g/mol. The number of ether oxygens (including phenoxy) is 2. The maximum absolute atomic E-state index is 12.2. The summed E-state index contributed by atoms with van der Waals surface area (Å²) in [6.45, 7) is 14.7. The fraction of sp³-hybridized carbons (Fsp3) is 0.600. The van der Waals surface area contributed by atoms with Crippen molar-refractivity contribution in [3.05, 3.63) is 36.0 Å². The molecule has 2 aliphatic carbocycles. The second-order valence-corrected chi connectivity index (χ2v) is 7.58. The van der Waals surface area contributed by atoms with Crippen molar-refractivity contribution in [2.45, 2.75) is 45.8 Å². The number of fused-ring (bicyclic) bond motifs is 3. The number of hydrogen-bond acceptors (Lipinski definition) is 4. The van der Waals surface area contributed by atoms with E-state index in [1.165, 1.54) is 5.57 Å². The molecule has 24 heavy (non-hydrogen) atoms. The van der Waals surface area contributed by atoms with Gasteiger partial charge in [0.05, 0.1) is 18.6 Å². The topological polar surface area (TPSA) is 52.6 Å². The Balaban J connectivity index is 1.92. The lowest BCUT2D eigenvalue weighted by molar-refractivity contribution is -0.143. The highest BCUT2D eigenvalue weighted by molar-refractivity contribution is 5.91. The van der Waals surface area contributed by atoms with Gasteiger partial charge in [-0.1, -0.05) is 37.3 Å². The van der Waals surface area contributed by atoms with Gasteiger partial charge in [0.1, 0.15) is 11.9 Å². The summed E-state index contributed by atoms with van der Waals surface area (Å²) < 4.78 is 11.8. The minimum atomic E-state index is -0.348. The number of rotatable bonds is 3. The molecule has 130 valence electrons. The molecule has 0 spiro atoms. The lowest BCUT2D eigenvalue weighted by Gasteiger charge is -2.29. The molecule has 0 N–H and O–H groups in total. The smallest absolute Gasteiger partial charge is 0.334 e. The molecule has 3 fully saturated rings. The molecule has 6 atom stereocenters. The maximum Gasteiger partial charge on any atom is 0.334 e. The molecule has 1 aliphatic heterocycles. The molecule has 0 bridgehead atoms. The normalized spacial score (nSPS) is 38.5. The van der Waals surface area contributed by atoms with Crippen molar-refractivity contribution in [3.8, 4) is 0 Å². The number of carbonyl (C=O) groups is 2. The van der Waals surface area contributed by atoms with Crippen molar-refractivity contribution in [1.82, 2.24) is 0 Å². The second-order valence-electron chi connectivity index (χ2n) is 7.58. The number of esters is 1. The summed E-state index contributed by atoms with van der Waals surface area (Å²) in [6.07, 6.45) is 2.67. The molecule has 1 heterocycles. The SMILES string of the molecule is C=C1CC(OCC=C(C)C)C2C(=C)C(=O)OC2C2C(C)C(=O)CC12. The summed E-state index contributed by atoms with van der Waals surface area (Å²) in [5.74, 6) is -0.343. The van der Waals surface area contributed by atoms with Gasteiger partial charge < -0.3 is 9.47 Å². The zero-order valence-electron chi connectivity index (χ0n) is 14.7. The zero-order chi connectivity index (χ0) is 17.6. The quantitative estimate of drug-likeness (QED) is 0.453. The molecule has 0 amide bonds. The second kappa shape index (κ2) is 6.32. The van der Waals surface area contributed by atoms with Crippen molar-refractivity contribution < 1.29 is 19.1 Å². The number of allylic oxidation sites excluding steroid dienone is 1. The molecular formula is C20H26O4. The maximum atomic E-state index is 12.2. The van der Waals surface area contributed by atoms with Crippen LogP contribution in [0.15, 0.2) is 36.0 Å². The van der Waals surface area contributed by atoms with Crippen LogP contribution >= 0.6 is 0 Å². The minimum absolute atomic E-state index is 0.00440. The highest BCUT2D eigenvalue weighted by Crippen LogP contribution is 2.51. The Morgan fingerprint density at radius 3 is 2.67 bits per heavy atom. The van der Waals surface area contributed by atoms with Gasteiger partial charge in [0, 0.05) is 23.8 Å². The van der Waals surface area contributed by atoms with Gasteiger partial charge in [-0.15, -0.1) is 0 Å². The fourth-order valence-electron chi connectivity index (χ4n) is 4.43. The van der Waals surface area contributed by atoms with E-state index in [1.54, 1.807) is 0 Å². The molecule has 0 aromatic carbocycles. The van der Waals surface area contributed by atoms with Crippen LogP contribution in [0.2, 0.25) is 0 Å². The van der Waals surface area contributed by atoms with Crippen LogP contribution < -0.4 is 0 Å². The lowest BCUT2D eigenvalue weighted by Crippen LogP contribution is -2.37. The third kappa shape index (κ3) is 2.77. The Bertz CT molecular complexity index is 626. The van der Waals surface area contributed by atoms with Crippen LogP contribution in [0.4, 0.5) is 0 Å². The van der Waals surface area contributed by atoms with Crippen molar-refractivity contribution >= 4 is 11.8 Å². The van der Waals surface area contributed by atoms with E-state index in [1.807, 2.05) is 26.8 Å². The van der Waals surface area contributed by atoms with Gasteiger partial charge in [-0.3, -0.25) is 4.79 Å². The Hall–Kier alpha value is -1.68. The van der Waals surface area contributed by atoms with Crippen molar-refractivity contribution in [1.29, 1.82) is 0 Å². The highest BCUT2D eigenvalue weighted by atomic mass is 16.6. The number of ketones is 1. The molecular weight excluding hydrogens is 304 g/mol. The summed E-state index contributed by atoms with van der Waals surface area (Å²) in [4.78, 5) is 24.4. The summed E-state index contributed by atoms with van der Waals surface area (Å²) in [5, 5.41) is 0. The van der Waals surface area contributed by atoms with E-state index in [0.717, 1.165) is 5.57 Å². The monoisotopic (exact) mass is 330 g/mol. The number of hydrogen-bond donors (Lipinski definition) is 0. The summed E-state index contributed by atoms with van der Waals surface area (Å²) in [5.41, 5.74) is 2.70. The van der Waals surface area contributed by atoms with Gasteiger partial charge in [0.25, 0.3) is 0 Å². The molecule has 0 aromatic rings. The summed E-state index contributed by atoms with van der Waals surface area (Å²) in [7, 11) is 0. The fourth-order valence-corrected chi connectivity index (χ4v) is 4.43. The van der Waals surface area contributed by atoms with E-state index >= 15 is 0 Å². The average Bonchev–Trinajstić information content (AvgIpc) is 2.92. The molecule has 3 rings (SSSR count). The molecule has 0 radical (unpaired) electrons. The van der Waals surface area contributed by atoms with E-state index in [4.69, 9.17) is 9.47 Å². The van der Waals surface area contributed by atoms with Crippen LogP contribution in [0.3, 0.4) is 0 Å². The molecule has 2 saturated carbocycles. The van der Waals surface area contributed by atoms with Crippen LogP contribution in [-0.4, -0.2) is 30.6 Å². The highest BCUT2D eigenvalue weighted by Gasteiger charge is 2.57. The lowest BCUT2D eigenvalue weighted by atomic mass is 9.79. The first kappa shape index (κ1) is 17.2. The van der Waals surface area contributed by atoms with Crippen molar-refractivity contribution in [3.63, 3.8) is 0 Å². The van der Waals surface area contributed by atoms with Crippen molar-refractivity contribution in [2.75, 3.05) is 6.61 Å². The van der Waals surface area contributed by atoms with Gasteiger partial charge >= 0.3 is 5.97 Å². The van der Waals surface area contributed by atoms with Crippen LogP contribution in [-0.2, 0) is 19.1 Å².